The van der Waals surface area contributed by atoms with Gasteiger partial charge in [0, 0.05) is 11.1 Å². The van der Waals surface area contributed by atoms with E-state index in [1.165, 1.54) is 54.9 Å². The van der Waals surface area contributed by atoms with Gasteiger partial charge in [-0.25, -0.2) is 9.98 Å². The molecule has 10 rings (SSSR count). The topological polar surface area (TPSA) is 36.8 Å². The zero-order valence-electron chi connectivity index (χ0n) is 27.9. The number of rotatable bonds is 5. The first-order valence-electron chi connectivity index (χ1n) is 17.5. The quantitative estimate of drug-likeness (QED) is 0.198. The van der Waals surface area contributed by atoms with E-state index < -0.39 is 11.6 Å². The normalized spacial score (nSPS) is 15.8. The molecule has 3 heteroatoms. The average Bonchev–Trinajstić information content (AvgIpc) is 3.52. The van der Waals surface area contributed by atoms with E-state index in [1.54, 1.807) is 0 Å². The van der Waals surface area contributed by atoms with Crippen molar-refractivity contribution in [2.24, 2.45) is 9.98 Å². The van der Waals surface area contributed by atoms with Gasteiger partial charge in [-0.3, -0.25) is 0 Å². The SMILES string of the molecule is c1ccc(C2(c3cccc(C4=NC(c5ccc6ccccc6c5)N=C(c5ccc6ccccc6c5)N4)c3)c3ccccc3-c3ccccc32)cc1. The van der Waals surface area contributed by atoms with Crippen LogP contribution in [0.1, 0.15) is 45.1 Å². The maximum atomic E-state index is 5.34. The van der Waals surface area contributed by atoms with Gasteiger partial charge >= 0.3 is 0 Å². The lowest BCUT2D eigenvalue weighted by Gasteiger charge is -2.34. The largest absolute Gasteiger partial charge is 0.324 e. The Morgan fingerprint density at radius 3 is 1.61 bits per heavy atom. The van der Waals surface area contributed by atoms with Gasteiger partial charge < -0.3 is 5.32 Å². The maximum absolute atomic E-state index is 5.34. The molecule has 1 unspecified atom stereocenters. The Balaban J connectivity index is 1.16. The molecule has 51 heavy (non-hydrogen) atoms. The summed E-state index contributed by atoms with van der Waals surface area (Å²) < 4.78 is 0. The molecule has 0 spiro atoms. The molecule has 8 aromatic rings. The summed E-state index contributed by atoms with van der Waals surface area (Å²) >= 11 is 0. The summed E-state index contributed by atoms with van der Waals surface area (Å²) in [4.78, 5) is 10.6. The van der Waals surface area contributed by atoms with Crippen LogP contribution in [0, 0.1) is 0 Å². The summed E-state index contributed by atoms with van der Waals surface area (Å²) in [5.74, 6) is 1.61. The average molecular weight is 652 g/mol. The molecule has 1 heterocycles. The molecule has 3 nitrogen and oxygen atoms in total. The number of benzene rings is 8. The smallest absolute Gasteiger partial charge is 0.169 e. The highest BCUT2D eigenvalue weighted by Gasteiger charge is 2.46. The number of hydrogen-bond acceptors (Lipinski definition) is 3. The number of aliphatic imine (C=N–C) groups is 2. The molecule has 0 saturated carbocycles. The Morgan fingerprint density at radius 2 is 0.922 bits per heavy atom. The molecule has 1 aliphatic carbocycles. The van der Waals surface area contributed by atoms with Gasteiger partial charge in [-0.15, -0.1) is 0 Å². The molecule has 1 atom stereocenters. The molecule has 0 radical (unpaired) electrons. The minimum absolute atomic E-state index is 0.410. The van der Waals surface area contributed by atoms with Crippen LogP contribution in [0.15, 0.2) is 198 Å². The van der Waals surface area contributed by atoms with E-state index in [4.69, 9.17) is 9.98 Å². The monoisotopic (exact) mass is 651 g/mol. The first kappa shape index (κ1) is 29.3. The van der Waals surface area contributed by atoms with Crippen LogP contribution < -0.4 is 5.32 Å². The second kappa shape index (κ2) is 11.8. The second-order valence-electron chi connectivity index (χ2n) is 13.4. The van der Waals surface area contributed by atoms with Crippen molar-refractivity contribution in [3.63, 3.8) is 0 Å². The van der Waals surface area contributed by atoms with Gasteiger partial charge in [-0.1, -0.05) is 170 Å². The number of nitrogens with zero attached hydrogens (tertiary/aromatic N) is 2. The van der Waals surface area contributed by atoms with E-state index >= 15 is 0 Å². The third kappa shape index (κ3) is 4.74. The Hall–Kier alpha value is -6.58. The van der Waals surface area contributed by atoms with Gasteiger partial charge in [0.25, 0.3) is 0 Å². The van der Waals surface area contributed by atoms with E-state index in [1.807, 2.05) is 0 Å². The zero-order chi connectivity index (χ0) is 33.8. The summed E-state index contributed by atoms with van der Waals surface area (Å²) in [5.41, 5.74) is 10.2. The van der Waals surface area contributed by atoms with Crippen LogP contribution in [0.2, 0.25) is 0 Å². The van der Waals surface area contributed by atoms with Crippen molar-refractivity contribution in [3.8, 4) is 11.1 Å². The van der Waals surface area contributed by atoms with Gasteiger partial charge in [0.1, 0.15) is 11.7 Å². The minimum Gasteiger partial charge on any atom is -0.324 e. The molecule has 2 aliphatic rings. The summed E-state index contributed by atoms with van der Waals surface area (Å²) in [6.07, 6.45) is -0.410. The van der Waals surface area contributed by atoms with E-state index in [2.05, 4.69) is 193 Å². The van der Waals surface area contributed by atoms with Crippen LogP contribution in [-0.4, -0.2) is 11.7 Å². The molecule has 0 saturated heterocycles. The minimum atomic E-state index is -0.493. The van der Waals surface area contributed by atoms with Crippen molar-refractivity contribution in [1.82, 2.24) is 5.32 Å². The summed E-state index contributed by atoms with van der Waals surface area (Å²) in [6, 6.07) is 67.7. The Bertz CT molecular complexity index is 2640. The predicted molar refractivity (Wildman–Crippen MR) is 211 cm³/mol. The lowest BCUT2D eigenvalue weighted by atomic mass is 9.67. The van der Waals surface area contributed by atoms with Crippen LogP contribution >= 0.6 is 0 Å². The van der Waals surface area contributed by atoms with Crippen molar-refractivity contribution >= 4 is 33.2 Å². The van der Waals surface area contributed by atoms with Crippen LogP contribution in [-0.2, 0) is 5.41 Å². The van der Waals surface area contributed by atoms with Crippen molar-refractivity contribution < 1.29 is 0 Å². The van der Waals surface area contributed by atoms with Crippen molar-refractivity contribution in [3.05, 3.63) is 227 Å². The Labute approximate surface area is 297 Å². The van der Waals surface area contributed by atoms with Gasteiger partial charge in [0.05, 0.1) is 5.41 Å². The lowest BCUT2D eigenvalue weighted by molar-refractivity contribution is 0.755. The molecule has 0 fully saturated rings. The number of amidine groups is 2. The van der Waals surface area contributed by atoms with E-state index in [0.29, 0.717) is 0 Å². The van der Waals surface area contributed by atoms with E-state index in [0.717, 1.165) is 28.4 Å². The molecule has 8 aromatic carbocycles. The van der Waals surface area contributed by atoms with Gasteiger partial charge in [-0.2, -0.15) is 0 Å². The second-order valence-corrected chi connectivity index (χ2v) is 13.4. The highest BCUT2D eigenvalue weighted by atomic mass is 15.2. The lowest BCUT2D eigenvalue weighted by Crippen LogP contribution is -2.36. The van der Waals surface area contributed by atoms with Crippen LogP contribution in [0.5, 0.6) is 0 Å². The molecule has 0 aromatic heterocycles. The molecule has 0 amide bonds. The molecular weight excluding hydrogens is 619 g/mol. The number of fused-ring (bicyclic) bond motifs is 5. The van der Waals surface area contributed by atoms with Gasteiger partial charge in [-0.05, 0) is 78.7 Å². The molecule has 1 N–H and O–H groups in total. The third-order valence-corrected chi connectivity index (χ3v) is 10.6. The molecule has 1 aliphatic heterocycles. The summed E-state index contributed by atoms with van der Waals surface area (Å²) in [6.45, 7) is 0. The molecule has 240 valence electrons. The van der Waals surface area contributed by atoms with Crippen LogP contribution in [0.4, 0.5) is 0 Å². The number of hydrogen-bond donors (Lipinski definition) is 1. The number of nitrogens with one attached hydrogen (secondary N) is 1. The van der Waals surface area contributed by atoms with E-state index in [-0.39, 0.29) is 0 Å². The fraction of sp³-hybridized carbons (Fsp3) is 0.0417. The first-order valence-corrected chi connectivity index (χ1v) is 17.5. The molecule has 0 bridgehead atoms. The Kier molecular flexibility index (Phi) is 6.78. The fourth-order valence-electron chi connectivity index (χ4n) is 8.21. The highest BCUT2D eigenvalue weighted by molar-refractivity contribution is 6.16. The van der Waals surface area contributed by atoms with Gasteiger partial charge in [0.15, 0.2) is 6.17 Å². The highest BCUT2D eigenvalue weighted by Crippen LogP contribution is 2.56. The third-order valence-electron chi connectivity index (χ3n) is 10.6. The fourth-order valence-corrected chi connectivity index (χ4v) is 8.21. The summed E-state index contributed by atoms with van der Waals surface area (Å²) in [7, 11) is 0. The van der Waals surface area contributed by atoms with Gasteiger partial charge in [0.2, 0.25) is 0 Å². The standard InChI is InChI=1S/C48H33N3/c1-2-18-39(19-3-1)48(43-23-10-8-21-41(43)42-22-9-11-24-44(42)48)40-20-12-17-36(31-40)45-49-46(37-27-25-32-13-4-6-15-34(32)29-37)51-47(50-45)38-28-26-33-14-5-7-16-35(33)30-38/h1-31,46H,(H,49,50,51). The van der Waals surface area contributed by atoms with Crippen LogP contribution in [0.25, 0.3) is 32.7 Å². The summed E-state index contributed by atoms with van der Waals surface area (Å²) in [5, 5.41) is 8.46. The van der Waals surface area contributed by atoms with Crippen molar-refractivity contribution in [2.45, 2.75) is 11.6 Å². The van der Waals surface area contributed by atoms with E-state index in [9.17, 15) is 0 Å². The van der Waals surface area contributed by atoms with Crippen molar-refractivity contribution in [1.29, 1.82) is 0 Å². The maximum Gasteiger partial charge on any atom is 0.169 e. The Morgan fingerprint density at radius 1 is 0.392 bits per heavy atom. The van der Waals surface area contributed by atoms with Crippen molar-refractivity contribution in [2.75, 3.05) is 0 Å². The van der Waals surface area contributed by atoms with Crippen LogP contribution in [0.3, 0.4) is 0 Å². The first-order chi connectivity index (χ1) is 25.3. The zero-order valence-corrected chi connectivity index (χ0v) is 27.9. The molecular formula is C48H33N3. The predicted octanol–water partition coefficient (Wildman–Crippen LogP) is 10.9.